The Hall–Kier alpha value is -3.53. The number of aryl methyl sites for hydroxylation is 1. The van der Waals surface area contributed by atoms with Gasteiger partial charge in [0.2, 0.25) is 0 Å². The van der Waals surface area contributed by atoms with Crippen molar-refractivity contribution in [1.29, 1.82) is 5.26 Å². The lowest BCUT2D eigenvalue weighted by atomic mass is 9.95. The maximum absolute atomic E-state index is 14.0. The number of nitriles is 1. The highest BCUT2D eigenvalue weighted by atomic mass is 19.4. The van der Waals surface area contributed by atoms with Gasteiger partial charge in [-0.15, -0.1) is 0 Å². The van der Waals surface area contributed by atoms with Gasteiger partial charge in [0, 0.05) is 57.9 Å². The molecule has 3 aromatic rings. The molecule has 2 saturated heterocycles. The zero-order valence-corrected chi connectivity index (χ0v) is 24.4. The molecule has 2 aliphatic heterocycles. The van der Waals surface area contributed by atoms with Gasteiger partial charge < -0.3 is 9.64 Å². The fourth-order valence-corrected chi connectivity index (χ4v) is 6.14. The molecule has 0 radical (unpaired) electrons. The van der Waals surface area contributed by atoms with E-state index in [2.05, 4.69) is 32.8 Å². The van der Waals surface area contributed by atoms with E-state index in [0.29, 0.717) is 56.2 Å². The van der Waals surface area contributed by atoms with Gasteiger partial charge in [0.15, 0.2) is 5.82 Å². The second kappa shape index (κ2) is 12.0. The number of ether oxygens (including phenoxy) is 1. The summed E-state index contributed by atoms with van der Waals surface area (Å²) < 4.78 is 48.7. The number of alkyl halides is 3. The van der Waals surface area contributed by atoms with Crippen molar-refractivity contribution in [1.82, 2.24) is 24.3 Å². The van der Waals surface area contributed by atoms with Gasteiger partial charge in [-0.1, -0.05) is 19.1 Å². The molecule has 0 N–H and O–H groups in total. The highest BCUT2D eigenvalue weighted by molar-refractivity contribution is 5.86. The number of morpholine rings is 1. The van der Waals surface area contributed by atoms with E-state index in [1.54, 1.807) is 31.3 Å². The minimum atomic E-state index is -4.43. The average Bonchev–Trinajstić information content (AvgIpc) is 2.98. The maximum atomic E-state index is 14.0. The summed E-state index contributed by atoms with van der Waals surface area (Å²) in [6, 6.07) is 9.73. The van der Waals surface area contributed by atoms with Gasteiger partial charge in [0.1, 0.15) is 17.3 Å². The fourth-order valence-electron chi connectivity index (χ4n) is 6.14. The summed E-state index contributed by atoms with van der Waals surface area (Å²) in [6.45, 7) is 9.78. The Balaban J connectivity index is 1.45. The first-order chi connectivity index (χ1) is 20.0. The van der Waals surface area contributed by atoms with Crippen LogP contribution in [-0.2, 0) is 24.5 Å². The van der Waals surface area contributed by atoms with E-state index in [4.69, 9.17) is 4.74 Å². The quantitative estimate of drug-likeness (QED) is 0.429. The standard InChI is InChI=1S/C30H36F3N7O2/c1-5-24-18-39(28-27-26(37(4)29(41)36-28)9-7-23(15-34)35-27)19(2)16-40(24)20(3)21-6-8-25(30(31,32)33)22(14-21)17-38-10-12-42-13-11-38/h6-9,14,19-20,24H,5,10-13,16-18H2,1-4H3/t19?,20?,24-/m1/s1. The monoisotopic (exact) mass is 583 g/mol. The molecule has 0 aliphatic carbocycles. The summed E-state index contributed by atoms with van der Waals surface area (Å²) in [6.07, 6.45) is -3.65. The molecule has 4 heterocycles. The molecule has 2 aromatic heterocycles. The van der Waals surface area contributed by atoms with Crippen molar-refractivity contribution in [3.63, 3.8) is 0 Å². The summed E-state index contributed by atoms with van der Waals surface area (Å²) in [4.78, 5) is 28.1. The molecule has 2 fully saturated rings. The summed E-state index contributed by atoms with van der Waals surface area (Å²) in [7, 11) is 1.63. The smallest absolute Gasteiger partial charge is 0.379 e. The van der Waals surface area contributed by atoms with Gasteiger partial charge in [0.25, 0.3) is 0 Å². The van der Waals surface area contributed by atoms with E-state index < -0.39 is 17.4 Å². The first kappa shape index (κ1) is 29.9. The lowest BCUT2D eigenvalue weighted by Crippen LogP contribution is -2.58. The van der Waals surface area contributed by atoms with E-state index >= 15 is 0 Å². The molecule has 42 heavy (non-hydrogen) atoms. The molecule has 0 saturated carbocycles. The number of halogens is 3. The van der Waals surface area contributed by atoms with Crippen molar-refractivity contribution in [2.75, 3.05) is 44.3 Å². The highest BCUT2D eigenvalue weighted by Crippen LogP contribution is 2.37. The molecule has 224 valence electrons. The third-order valence-electron chi connectivity index (χ3n) is 8.59. The molecule has 0 spiro atoms. The lowest BCUT2D eigenvalue weighted by Gasteiger charge is -2.48. The third-order valence-corrected chi connectivity index (χ3v) is 8.59. The molecular weight excluding hydrogens is 547 g/mol. The van der Waals surface area contributed by atoms with Gasteiger partial charge in [-0.2, -0.15) is 23.4 Å². The van der Waals surface area contributed by atoms with E-state index in [0.717, 1.165) is 12.0 Å². The number of anilines is 1. The largest absolute Gasteiger partial charge is 0.416 e. The number of hydrogen-bond acceptors (Lipinski definition) is 8. The highest BCUT2D eigenvalue weighted by Gasteiger charge is 2.37. The minimum absolute atomic E-state index is 0.0428. The minimum Gasteiger partial charge on any atom is -0.379 e. The number of rotatable bonds is 6. The second-order valence-electron chi connectivity index (χ2n) is 11.2. The third kappa shape index (κ3) is 5.86. The normalized spacial score (nSPS) is 21.4. The van der Waals surface area contributed by atoms with Crippen molar-refractivity contribution in [2.45, 2.75) is 58.0 Å². The first-order valence-corrected chi connectivity index (χ1v) is 14.3. The number of pyridine rings is 1. The Morgan fingerprint density at radius 1 is 1.14 bits per heavy atom. The Kier molecular flexibility index (Phi) is 8.55. The van der Waals surface area contributed by atoms with Crippen LogP contribution in [-0.4, -0.2) is 75.8 Å². The van der Waals surface area contributed by atoms with Gasteiger partial charge in [-0.05, 0) is 49.6 Å². The van der Waals surface area contributed by atoms with Crippen molar-refractivity contribution in [2.24, 2.45) is 7.05 Å². The van der Waals surface area contributed by atoms with Crippen LogP contribution in [0.25, 0.3) is 11.0 Å². The second-order valence-corrected chi connectivity index (χ2v) is 11.2. The van der Waals surface area contributed by atoms with Crippen LogP contribution in [0, 0.1) is 11.3 Å². The van der Waals surface area contributed by atoms with Crippen LogP contribution in [0.4, 0.5) is 19.0 Å². The first-order valence-electron chi connectivity index (χ1n) is 14.3. The Bertz CT molecular complexity index is 1540. The molecule has 2 unspecified atom stereocenters. The molecular formula is C30H36F3N7O2. The summed E-state index contributed by atoms with van der Waals surface area (Å²) in [5.41, 5.74) is 1.45. The predicted octanol–water partition coefficient (Wildman–Crippen LogP) is 4.10. The molecule has 1 aromatic carbocycles. The molecule has 2 aliphatic rings. The number of piperazine rings is 1. The zero-order valence-electron chi connectivity index (χ0n) is 24.4. The van der Waals surface area contributed by atoms with Crippen LogP contribution in [0.2, 0.25) is 0 Å². The maximum Gasteiger partial charge on any atom is 0.416 e. The SMILES string of the molecule is CC[C@@H]1CN(c2nc(=O)n(C)c3ccc(C#N)nc23)C(C)CN1C(C)c1ccc(C(F)(F)F)c(CN2CCOCC2)c1. The molecule has 3 atom stereocenters. The van der Waals surface area contributed by atoms with Crippen LogP contribution in [0.5, 0.6) is 0 Å². The zero-order chi connectivity index (χ0) is 30.2. The van der Waals surface area contributed by atoms with Crippen molar-refractivity contribution >= 4 is 16.9 Å². The van der Waals surface area contributed by atoms with Crippen molar-refractivity contribution < 1.29 is 17.9 Å². The summed E-state index contributed by atoms with van der Waals surface area (Å²) >= 11 is 0. The molecule has 12 heteroatoms. The van der Waals surface area contributed by atoms with Crippen LogP contribution >= 0.6 is 0 Å². The van der Waals surface area contributed by atoms with E-state index in [9.17, 15) is 23.2 Å². The number of aromatic nitrogens is 3. The number of benzene rings is 1. The Morgan fingerprint density at radius 3 is 2.55 bits per heavy atom. The van der Waals surface area contributed by atoms with Crippen LogP contribution in [0.15, 0.2) is 35.1 Å². The fraction of sp³-hybridized carbons (Fsp3) is 0.533. The Labute approximate surface area is 243 Å². The van der Waals surface area contributed by atoms with E-state index in [1.165, 1.54) is 10.6 Å². The number of hydrogen-bond donors (Lipinski definition) is 0. The Morgan fingerprint density at radius 2 is 1.88 bits per heavy atom. The molecule has 5 rings (SSSR count). The van der Waals surface area contributed by atoms with Crippen LogP contribution < -0.4 is 10.6 Å². The lowest BCUT2D eigenvalue weighted by molar-refractivity contribution is -0.138. The predicted molar refractivity (Wildman–Crippen MR) is 153 cm³/mol. The van der Waals surface area contributed by atoms with Gasteiger partial charge in [0.05, 0.1) is 24.3 Å². The van der Waals surface area contributed by atoms with E-state index in [-0.39, 0.29) is 35.9 Å². The summed E-state index contributed by atoms with van der Waals surface area (Å²) in [5, 5.41) is 9.44. The summed E-state index contributed by atoms with van der Waals surface area (Å²) in [5.74, 6) is 0.450. The average molecular weight is 584 g/mol. The molecule has 9 nitrogen and oxygen atoms in total. The van der Waals surface area contributed by atoms with Gasteiger partial charge in [-0.3, -0.25) is 14.4 Å². The van der Waals surface area contributed by atoms with Crippen molar-refractivity contribution in [3.8, 4) is 6.07 Å². The van der Waals surface area contributed by atoms with Crippen molar-refractivity contribution in [3.05, 3.63) is 63.2 Å². The van der Waals surface area contributed by atoms with Crippen LogP contribution in [0.1, 0.15) is 55.6 Å². The number of fused-ring (bicyclic) bond motifs is 1. The topological polar surface area (TPSA) is 90.5 Å². The van der Waals surface area contributed by atoms with Gasteiger partial charge >= 0.3 is 11.9 Å². The van der Waals surface area contributed by atoms with Crippen LogP contribution in [0.3, 0.4) is 0 Å². The molecule has 0 bridgehead atoms. The van der Waals surface area contributed by atoms with E-state index in [1.807, 2.05) is 18.7 Å². The number of nitrogens with zero attached hydrogens (tertiary/aromatic N) is 7. The van der Waals surface area contributed by atoms with Gasteiger partial charge in [-0.25, -0.2) is 9.78 Å². The molecule has 0 amide bonds.